The molecule has 34 heavy (non-hydrogen) atoms. The predicted octanol–water partition coefficient (Wildman–Crippen LogP) is 8.54. The van der Waals surface area contributed by atoms with Crippen molar-refractivity contribution in [2.45, 2.75) is 46.8 Å². The second kappa shape index (κ2) is 14.3. The minimum Gasteiger partial charge on any atom is -0.473 e. The van der Waals surface area contributed by atoms with Crippen LogP contribution in [-0.2, 0) is 11.3 Å². The maximum atomic E-state index is 5.71. The standard InChI is InChI=1S/C17H23NO.C14H15P/c1-5-8-12(2)13(3)14(4)18-17-16-10-7-6-9-15(16)11-19-17;1-4-10-13(5-2)15(6-3)14-11-8-7-9-12-14/h6-10,13-14H,5,11H2,1-4H3;4-12H,1-3H2/b12-8-,18-17?;13-10+/t13?,14-;/m1./s1. The molecular formula is C31H38NOP. The van der Waals surface area contributed by atoms with Crippen LogP contribution in [0, 0.1) is 5.92 Å². The summed E-state index contributed by atoms with van der Waals surface area (Å²) in [5.74, 6) is 3.24. The summed E-state index contributed by atoms with van der Waals surface area (Å²) in [6, 6.07) is 18.9. The van der Waals surface area contributed by atoms with Crippen LogP contribution < -0.4 is 5.30 Å². The Hall–Kier alpha value is -2.96. The zero-order chi connectivity index (χ0) is 24.9. The van der Waals surface area contributed by atoms with Gasteiger partial charge in [-0.2, -0.15) is 0 Å². The fourth-order valence-corrected chi connectivity index (χ4v) is 5.36. The Kier molecular flexibility index (Phi) is 11.5. The summed E-state index contributed by atoms with van der Waals surface area (Å²) in [4.78, 5) is 4.77. The van der Waals surface area contributed by atoms with Gasteiger partial charge in [0.2, 0.25) is 5.90 Å². The lowest BCUT2D eigenvalue weighted by Crippen LogP contribution is -2.16. The molecule has 0 bridgehead atoms. The molecule has 0 aliphatic carbocycles. The molecule has 0 amide bonds. The van der Waals surface area contributed by atoms with E-state index in [0.29, 0.717) is 12.5 Å². The Bertz CT molecular complexity index is 1050. The molecule has 178 valence electrons. The number of allylic oxidation sites excluding steroid dienone is 5. The molecule has 0 fully saturated rings. The van der Waals surface area contributed by atoms with Gasteiger partial charge in [-0.05, 0) is 50.8 Å². The van der Waals surface area contributed by atoms with Crippen molar-refractivity contribution in [2.24, 2.45) is 10.9 Å². The summed E-state index contributed by atoms with van der Waals surface area (Å²) in [6.07, 6.45) is 9.03. The SMILES string of the molecule is C=C/C=C(\C=C)P(C=C)c1ccccc1.CC/C=C(/C)C(C)[C@@H](C)N=C1OCc2ccccc21. The number of fused-ring (bicyclic) bond motifs is 1. The van der Waals surface area contributed by atoms with Gasteiger partial charge in [-0.25, -0.2) is 4.99 Å². The fraction of sp³-hybridized carbons (Fsp3) is 0.258. The zero-order valence-corrected chi connectivity index (χ0v) is 22.0. The van der Waals surface area contributed by atoms with Crippen molar-refractivity contribution < 1.29 is 4.74 Å². The van der Waals surface area contributed by atoms with Crippen molar-refractivity contribution >= 4 is 19.1 Å². The zero-order valence-electron chi connectivity index (χ0n) is 21.1. The molecular weight excluding hydrogens is 433 g/mol. The van der Waals surface area contributed by atoms with Crippen LogP contribution in [0.15, 0.2) is 120 Å². The molecule has 3 atom stereocenters. The molecule has 3 heteroatoms. The van der Waals surface area contributed by atoms with Crippen molar-refractivity contribution in [1.82, 2.24) is 0 Å². The van der Waals surface area contributed by atoms with E-state index >= 15 is 0 Å². The summed E-state index contributed by atoms with van der Waals surface area (Å²) in [5, 5.41) is 2.47. The Morgan fingerprint density at radius 1 is 1.06 bits per heavy atom. The average molecular weight is 472 g/mol. The molecule has 3 rings (SSSR count). The highest BCUT2D eigenvalue weighted by Crippen LogP contribution is 2.45. The van der Waals surface area contributed by atoms with Crippen LogP contribution in [0.25, 0.3) is 0 Å². The van der Waals surface area contributed by atoms with Crippen LogP contribution in [-0.4, -0.2) is 11.9 Å². The lowest BCUT2D eigenvalue weighted by molar-refractivity contribution is 0.308. The van der Waals surface area contributed by atoms with Crippen LogP contribution in [0.3, 0.4) is 0 Å². The first-order chi connectivity index (χ1) is 16.5. The monoisotopic (exact) mass is 471 g/mol. The average Bonchev–Trinajstić information content (AvgIpc) is 3.27. The number of aliphatic imine (C=N–C) groups is 1. The third-order valence-corrected chi connectivity index (χ3v) is 8.00. The summed E-state index contributed by atoms with van der Waals surface area (Å²) in [5.41, 5.74) is 3.80. The minimum atomic E-state index is -0.487. The van der Waals surface area contributed by atoms with E-state index in [4.69, 9.17) is 9.73 Å². The normalized spacial score (nSPS) is 16.9. The molecule has 0 radical (unpaired) electrons. The van der Waals surface area contributed by atoms with Crippen molar-refractivity contribution in [3.63, 3.8) is 0 Å². The Morgan fingerprint density at radius 3 is 2.35 bits per heavy atom. The Balaban J connectivity index is 0.000000248. The first kappa shape index (κ1) is 27.3. The maximum absolute atomic E-state index is 5.71. The van der Waals surface area contributed by atoms with Gasteiger partial charge in [-0.1, -0.05) is 118 Å². The van der Waals surface area contributed by atoms with Gasteiger partial charge in [0.15, 0.2) is 0 Å². The van der Waals surface area contributed by atoms with Crippen molar-refractivity contribution in [2.75, 3.05) is 0 Å². The van der Waals surface area contributed by atoms with Gasteiger partial charge in [0, 0.05) is 11.1 Å². The molecule has 2 aromatic rings. The quantitative estimate of drug-likeness (QED) is 0.204. The van der Waals surface area contributed by atoms with Crippen molar-refractivity contribution in [1.29, 1.82) is 0 Å². The van der Waals surface area contributed by atoms with Crippen LogP contribution in [0.4, 0.5) is 0 Å². The van der Waals surface area contributed by atoms with E-state index in [-0.39, 0.29) is 6.04 Å². The molecule has 2 nitrogen and oxygen atoms in total. The van der Waals surface area contributed by atoms with E-state index in [9.17, 15) is 0 Å². The highest BCUT2D eigenvalue weighted by molar-refractivity contribution is 7.72. The number of rotatable bonds is 9. The molecule has 1 heterocycles. The molecule has 0 aromatic heterocycles. The lowest BCUT2D eigenvalue weighted by Gasteiger charge is -2.17. The van der Waals surface area contributed by atoms with Crippen LogP contribution in [0.2, 0.25) is 0 Å². The van der Waals surface area contributed by atoms with Crippen molar-refractivity contribution in [3.05, 3.63) is 126 Å². The van der Waals surface area contributed by atoms with E-state index in [2.05, 4.69) is 77.8 Å². The number of nitrogens with zero attached hydrogens (tertiary/aromatic N) is 1. The van der Waals surface area contributed by atoms with Gasteiger partial charge in [0.25, 0.3) is 0 Å². The first-order valence-electron chi connectivity index (χ1n) is 11.8. The summed E-state index contributed by atoms with van der Waals surface area (Å²) in [6.45, 7) is 20.8. The third kappa shape index (κ3) is 7.54. The van der Waals surface area contributed by atoms with E-state index < -0.39 is 7.92 Å². The molecule has 2 aromatic carbocycles. The fourth-order valence-electron chi connectivity index (χ4n) is 3.69. The van der Waals surface area contributed by atoms with Gasteiger partial charge in [0.05, 0.1) is 6.04 Å². The number of hydrogen-bond donors (Lipinski definition) is 0. The van der Waals surface area contributed by atoms with Crippen molar-refractivity contribution in [3.8, 4) is 0 Å². The summed E-state index contributed by atoms with van der Waals surface area (Å²) < 4.78 is 5.71. The topological polar surface area (TPSA) is 21.6 Å². The second-order valence-corrected chi connectivity index (χ2v) is 10.3. The van der Waals surface area contributed by atoms with E-state index in [1.165, 1.54) is 21.8 Å². The largest absolute Gasteiger partial charge is 0.473 e. The third-order valence-electron chi connectivity index (χ3n) is 5.89. The molecule has 0 saturated carbocycles. The smallest absolute Gasteiger partial charge is 0.217 e. The predicted molar refractivity (Wildman–Crippen MR) is 152 cm³/mol. The molecule has 2 unspecified atom stereocenters. The number of hydrogen-bond acceptors (Lipinski definition) is 2. The van der Waals surface area contributed by atoms with E-state index in [1.54, 1.807) is 6.08 Å². The second-order valence-electron chi connectivity index (χ2n) is 8.19. The van der Waals surface area contributed by atoms with E-state index in [0.717, 1.165) is 17.9 Å². The molecule has 0 spiro atoms. The first-order valence-corrected chi connectivity index (χ1v) is 13.2. The molecule has 0 N–H and O–H groups in total. The Labute approximate surface area is 207 Å². The molecule has 0 saturated heterocycles. The highest BCUT2D eigenvalue weighted by atomic mass is 31.1. The summed E-state index contributed by atoms with van der Waals surface area (Å²) in [7, 11) is -0.487. The van der Waals surface area contributed by atoms with Crippen LogP contribution in [0.1, 0.15) is 45.2 Å². The minimum absolute atomic E-state index is 0.240. The van der Waals surface area contributed by atoms with Gasteiger partial charge in [-0.3, -0.25) is 0 Å². The van der Waals surface area contributed by atoms with Crippen LogP contribution in [0.5, 0.6) is 0 Å². The van der Waals surface area contributed by atoms with E-state index in [1.807, 2.05) is 48.3 Å². The van der Waals surface area contributed by atoms with Crippen LogP contribution >= 0.6 is 7.92 Å². The van der Waals surface area contributed by atoms with Gasteiger partial charge in [0.1, 0.15) is 6.61 Å². The van der Waals surface area contributed by atoms with Gasteiger partial charge in [-0.15, -0.1) is 0 Å². The van der Waals surface area contributed by atoms with Gasteiger partial charge >= 0.3 is 0 Å². The maximum Gasteiger partial charge on any atom is 0.217 e. The highest BCUT2D eigenvalue weighted by Gasteiger charge is 2.21. The van der Waals surface area contributed by atoms with Gasteiger partial charge < -0.3 is 4.74 Å². The summed E-state index contributed by atoms with van der Waals surface area (Å²) >= 11 is 0. The lowest BCUT2D eigenvalue weighted by atomic mass is 9.95. The number of ether oxygens (including phenoxy) is 1. The number of benzene rings is 2. The molecule has 1 aliphatic rings. The molecule has 1 aliphatic heterocycles. The Morgan fingerprint density at radius 2 is 1.74 bits per heavy atom.